The average molecular weight is 316 g/mol. The lowest BCUT2D eigenvalue weighted by atomic mass is 9.94. The van der Waals surface area contributed by atoms with Gasteiger partial charge in [-0.2, -0.15) is 0 Å². The molecule has 0 unspecified atom stereocenters. The maximum Gasteiger partial charge on any atom is 0.256 e. The zero-order valence-corrected chi connectivity index (χ0v) is 13.2. The van der Waals surface area contributed by atoms with Crippen LogP contribution in [0.5, 0.6) is 5.75 Å². The molecule has 0 saturated carbocycles. The minimum Gasteiger partial charge on any atom is -0.495 e. The van der Waals surface area contributed by atoms with Gasteiger partial charge in [-0.25, -0.2) is 0 Å². The molecule has 0 bridgehead atoms. The van der Waals surface area contributed by atoms with E-state index in [4.69, 9.17) is 4.74 Å². The lowest BCUT2D eigenvalue weighted by molar-refractivity contribution is -0.110. The third kappa shape index (κ3) is 2.29. The second kappa shape index (κ2) is 5.74. The van der Waals surface area contributed by atoms with Gasteiger partial charge in [0.05, 0.1) is 18.4 Å². The molecule has 1 aliphatic rings. The second-order valence-corrected chi connectivity index (χ2v) is 5.57. The topological polar surface area (TPSA) is 54.1 Å². The smallest absolute Gasteiger partial charge is 0.256 e. The van der Waals surface area contributed by atoms with E-state index in [1.165, 1.54) is 0 Å². The molecule has 0 radical (unpaired) electrons. The average Bonchev–Trinajstić information content (AvgIpc) is 3.20. The number of methoxy groups -OCH3 is 1. The van der Waals surface area contributed by atoms with Crippen LogP contribution in [0.15, 0.2) is 60.8 Å². The van der Waals surface area contributed by atoms with Gasteiger partial charge < -0.3 is 15.0 Å². The number of H-pyrrole nitrogens is 1. The summed E-state index contributed by atoms with van der Waals surface area (Å²) < 4.78 is 5.33. The maximum atomic E-state index is 12.5. The van der Waals surface area contributed by atoms with E-state index < -0.39 is 0 Å². The molecule has 3 aromatic rings. The van der Waals surface area contributed by atoms with Crippen molar-refractivity contribution in [1.29, 1.82) is 0 Å². The Labute approximate surface area is 139 Å². The van der Waals surface area contributed by atoms with E-state index in [1.807, 2.05) is 60.7 Å². The molecule has 0 spiro atoms. The molecule has 0 aliphatic carbocycles. The van der Waals surface area contributed by atoms with Crippen LogP contribution >= 0.6 is 0 Å². The molecule has 4 heteroatoms. The number of rotatable bonds is 3. The zero-order valence-electron chi connectivity index (χ0n) is 13.2. The number of hydrogen-bond acceptors (Lipinski definition) is 2. The van der Waals surface area contributed by atoms with Gasteiger partial charge in [0.25, 0.3) is 5.91 Å². The highest BCUT2D eigenvalue weighted by Gasteiger charge is 2.27. The second-order valence-electron chi connectivity index (χ2n) is 5.57. The van der Waals surface area contributed by atoms with Crippen LogP contribution in [0.2, 0.25) is 0 Å². The van der Waals surface area contributed by atoms with Crippen molar-refractivity contribution in [2.75, 3.05) is 12.4 Å². The standard InChI is InChI=1S/C20H16N2O2/c1-24-18-10-11-21-17(18)12-15-19-14(13-6-3-2-4-7-13)8-5-9-16(19)22-20(15)23/h2-12,21H,1H3,(H,22,23). The Morgan fingerprint density at radius 1 is 1.00 bits per heavy atom. The van der Waals surface area contributed by atoms with Gasteiger partial charge in [-0.3, -0.25) is 4.79 Å². The van der Waals surface area contributed by atoms with Crippen LogP contribution in [-0.4, -0.2) is 18.0 Å². The predicted octanol–water partition coefficient (Wildman–Crippen LogP) is 4.18. The number of aromatic amines is 1. The molecule has 4 rings (SSSR count). The van der Waals surface area contributed by atoms with Crippen molar-refractivity contribution in [3.05, 3.63) is 72.1 Å². The van der Waals surface area contributed by atoms with E-state index in [0.29, 0.717) is 11.3 Å². The highest BCUT2D eigenvalue weighted by molar-refractivity contribution is 6.36. The molecule has 2 N–H and O–H groups in total. The fourth-order valence-corrected chi connectivity index (χ4v) is 3.05. The SMILES string of the molecule is COc1cc[nH]c1C=C1C(=O)Nc2cccc(-c3ccccc3)c21. The molecule has 0 atom stereocenters. The molecule has 24 heavy (non-hydrogen) atoms. The zero-order chi connectivity index (χ0) is 16.5. The summed E-state index contributed by atoms with van der Waals surface area (Å²) in [4.78, 5) is 15.6. The van der Waals surface area contributed by atoms with Crippen LogP contribution in [-0.2, 0) is 4.79 Å². The van der Waals surface area contributed by atoms with Crippen LogP contribution < -0.4 is 10.1 Å². The van der Waals surface area contributed by atoms with Crippen molar-refractivity contribution in [2.45, 2.75) is 0 Å². The Balaban J connectivity index is 1.91. The quantitative estimate of drug-likeness (QED) is 0.712. The fraction of sp³-hybridized carbons (Fsp3) is 0.0500. The normalized spacial score (nSPS) is 14.5. The van der Waals surface area contributed by atoms with Crippen molar-refractivity contribution in [3.8, 4) is 16.9 Å². The molecule has 1 amide bonds. The lowest BCUT2D eigenvalue weighted by Gasteiger charge is -2.08. The number of fused-ring (bicyclic) bond motifs is 1. The van der Waals surface area contributed by atoms with Gasteiger partial charge in [0.1, 0.15) is 5.75 Å². The van der Waals surface area contributed by atoms with Gasteiger partial charge in [-0.15, -0.1) is 0 Å². The van der Waals surface area contributed by atoms with Crippen LogP contribution in [0.3, 0.4) is 0 Å². The molecular weight excluding hydrogens is 300 g/mol. The Morgan fingerprint density at radius 3 is 2.62 bits per heavy atom. The summed E-state index contributed by atoms with van der Waals surface area (Å²) in [7, 11) is 1.61. The highest BCUT2D eigenvalue weighted by Crippen LogP contribution is 2.40. The van der Waals surface area contributed by atoms with E-state index in [1.54, 1.807) is 13.3 Å². The number of carbonyl (C=O) groups is 1. The third-order valence-electron chi connectivity index (χ3n) is 4.16. The van der Waals surface area contributed by atoms with Crippen molar-refractivity contribution in [2.24, 2.45) is 0 Å². The number of amides is 1. The molecule has 118 valence electrons. The number of aromatic nitrogens is 1. The van der Waals surface area contributed by atoms with Crippen molar-refractivity contribution >= 4 is 23.2 Å². The van der Waals surface area contributed by atoms with Gasteiger partial charge in [-0.05, 0) is 29.3 Å². The number of anilines is 1. The summed E-state index contributed by atoms with van der Waals surface area (Å²) in [6.07, 6.45) is 3.63. The van der Waals surface area contributed by atoms with Gasteiger partial charge in [0.15, 0.2) is 0 Å². The summed E-state index contributed by atoms with van der Waals surface area (Å²) in [5.74, 6) is 0.603. The van der Waals surface area contributed by atoms with Crippen molar-refractivity contribution < 1.29 is 9.53 Å². The predicted molar refractivity (Wildman–Crippen MR) is 95.7 cm³/mol. The fourth-order valence-electron chi connectivity index (χ4n) is 3.05. The first-order valence-electron chi connectivity index (χ1n) is 7.71. The number of benzene rings is 2. The van der Waals surface area contributed by atoms with E-state index in [9.17, 15) is 4.79 Å². The Hall–Kier alpha value is -3.27. The minimum atomic E-state index is -0.106. The Morgan fingerprint density at radius 2 is 1.83 bits per heavy atom. The lowest BCUT2D eigenvalue weighted by Crippen LogP contribution is -2.03. The number of carbonyl (C=O) groups excluding carboxylic acids is 1. The summed E-state index contributed by atoms with van der Waals surface area (Å²) in [5, 5.41) is 2.95. The summed E-state index contributed by atoms with van der Waals surface area (Å²) in [6, 6.07) is 17.8. The molecule has 2 aromatic carbocycles. The molecular formula is C20H16N2O2. The van der Waals surface area contributed by atoms with Crippen LogP contribution in [0.4, 0.5) is 5.69 Å². The van der Waals surface area contributed by atoms with E-state index in [0.717, 1.165) is 28.1 Å². The largest absolute Gasteiger partial charge is 0.495 e. The summed E-state index contributed by atoms with van der Waals surface area (Å²) in [6.45, 7) is 0. The molecule has 1 aromatic heterocycles. The minimum absolute atomic E-state index is 0.106. The van der Waals surface area contributed by atoms with Gasteiger partial charge >= 0.3 is 0 Å². The van der Waals surface area contributed by atoms with E-state index in [2.05, 4.69) is 10.3 Å². The van der Waals surface area contributed by atoms with Gasteiger partial charge in [0, 0.05) is 17.4 Å². The van der Waals surface area contributed by atoms with Crippen LogP contribution in [0.25, 0.3) is 22.8 Å². The monoisotopic (exact) mass is 316 g/mol. The van der Waals surface area contributed by atoms with E-state index in [-0.39, 0.29) is 5.91 Å². The molecule has 0 fully saturated rings. The van der Waals surface area contributed by atoms with Crippen LogP contribution in [0, 0.1) is 0 Å². The molecule has 2 heterocycles. The van der Waals surface area contributed by atoms with Crippen molar-refractivity contribution in [3.63, 3.8) is 0 Å². The maximum absolute atomic E-state index is 12.5. The highest BCUT2D eigenvalue weighted by atomic mass is 16.5. The van der Waals surface area contributed by atoms with Crippen LogP contribution in [0.1, 0.15) is 11.3 Å². The molecule has 4 nitrogen and oxygen atoms in total. The van der Waals surface area contributed by atoms with Gasteiger partial charge in [0.2, 0.25) is 0 Å². The summed E-state index contributed by atoms with van der Waals surface area (Å²) in [5.41, 5.74) is 5.27. The molecule has 0 saturated heterocycles. The first kappa shape index (κ1) is 14.3. The first-order chi connectivity index (χ1) is 11.8. The summed E-state index contributed by atoms with van der Waals surface area (Å²) >= 11 is 0. The number of hydrogen-bond donors (Lipinski definition) is 2. The van der Waals surface area contributed by atoms with Gasteiger partial charge in [-0.1, -0.05) is 42.5 Å². The Bertz CT molecular complexity index is 939. The number of ether oxygens (including phenoxy) is 1. The Kier molecular flexibility index (Phi) is 3.43. The van der Waals surface area contributed by atoms with E-state index >= 15 is 0 Å². The molecule has 1 aliphatic heterocycles. The van der Waals surface area contributed by atoms with Crippen molar-refractivity contribution in [1.82, 2.24) is 4.98 Å². The number of nitrogens with one attached hydrogen (secondary N) is 2. The third-order valence-corrected chi connectivity index (χ3v) is 4.16. The first-order valence-corrected chi connectivity index (χ1v) is 7.71.